The second-order valence-corrected chi connectivity index (χ2v) is 1.88. The Morgan fingerprint density at radius 1 is 1.44 bits per heavy atom. The van der Waals surface area contributed by atoms with E-state index in [9.17, 15) is 0 Å². The maximum Gasteiger partial charge on any atom is 0.237 e. The first-order chi connectivity index (χ1) is 4.47. The van der Waals surface area contributed by atoms with Gasteiger partial charge in [-0.3, -0.25) is 0 Å². The van der Waals surface area contributed by atoms with Gasteiger partial charge in [0.1, 0.15) is 0 Å². The SMILES string of the molecule is c1nc2c(o1)NCCN2. The third kappa shape index (κ3) is 0.630. The van der Waals surface area contributed by atoms with E-state index in [1.807, 2.05) is 0 Å². The van der Waals surface area contributed by atoms with Crippen molar-refractivity contribution in [2.45, 2.75) is 0 Å². The highest BCUT2D eigenvalue weighted by atomic mass is 16.4. The largest absolute Gasteiger partial charge is 0.426 e. The summed E-state index contributed by atoms with van der Waals surface area (Å²) in [6, 6.07) is 0. The lowest BCUT2D eigenvalue weighted by Crippen LogP contribution is -2.19. The fourth-order valence-corrected chi connectivity index (χ4v) is 0.854. The summed E-state index contributed by atoms with van der Waals surface area (Å²) in [4.78, 5) is 3.92. The summed E-state index contributed by atoms with van der Waals surface area (Å²) >= 11 is 0. The minimum atomic E-state index is 0.751. The average Bonchev–Trinajstić information content (AvgIpc) is 2.33. The van der Waals surface area contributed by atoms with Crippen LogP contribution in [0.1, 0.15) is 0 Å². The zero-order chi connectivity index (χ0) is 6.10. The molecule has 0 saturated carbocycles. The molecular weight excluding hydrogens is 118 g/mol. The van der Waals surface area contributed by atoms with Crippen molar-refractivity contribution < 1.29 is 4.42 Å². The van der Waals surface area contributed by atoms with Crippen LogP contribution in [0, 0.1) is 0 Å². The normalized spacial score (nSPS) is 15.6. The van der Waals surface area contributed by atoms with Crippen molar-refractivity contribution >= 4 is 11.7 Å². The zero-order valence-electron chi connectivity index (χ0n) is 4.85. The summed E-state index contributed by atoms with van der Waals surface area (Å²) in [5.74, 6) is 1.57. The quantitative estimate of drug-likeness (QED) is 0.530. The van der Waals surface area contributed by atoms with Gasteiger partial charge in [0.15, 0.2) is 12.2 Å². The summed E-state index contributed by atoms with van der Waals surface area (Å²) in [5.41, 5.74) is 0. The molecule has 1 aliphatic rings. The van der Waals surface area contributed by atoms with Crippen LogP contribution in [0.4, 0.5) is 11.7 Å². The number of nitrogens with one attached hydrogen (secondary N) is 2. The van der Waals surface area contributed by atoms with Crippen molar-refractivity contribution in [3.8, 4) is 0 Å². The lowest BCUT2D eigenvalue weighted by Gasteiger charge is -2.11. The van der Waals surface area contributed by atoms with E-state index < -0.39 is 0 Å². The fourth-order valence-electron chi connectivity index (χ4n) is 0.854. The molecule has 1 aliphatic heterocycles. The molecule has 0 aliphatic carbocycles. The highest BCUT2D eigenvalue weighted by molar-refractivity contribution is 5.58. The monoisotopic (exact) mass is 125 g/mol. The van der Waals surface area contributed by atoms with E-state index in [0.717, 1.165) is 24.8 Å². The number of oxazole rings is 1. The molecule has 4 nitrogen and oxygen atoms in total. The van der Waals surface area contributed by atoms with Gasteiger partial charge in [0.25, 0.3) is 0 Å². The minimum absolute atomic E-state index is 0.751. The summed E-state index contributed by atoms with van der Waals surface area (Å²) in [6.45, 7) is 1.82. The standard InChI is InChI=1S/C5H7N3O/c1-2-7-5-4(6-1)8-3-9-5/h3,6-7H,1-2H2. The Morgan fingerprint density at radius 3 is 3.22 bits per heavy atom. The second-order valence-electron chi connectivity index (χ2n) is 1.88. The third-order valence-electron chi connectivity index (χ3n) is 1.27. The van der Waals surface area contributed by atoms with E-state index >= 15 is 0 Å². The molecule has 9 heavy (non-hydrogen) atoms. The van der Waals surface area contributed by atoms with Crippen LogP contribution >= 0.6 is 0 Å². The number of rotatable bonds is 0. The van der Waals surface area contributed by atoms with E-state index in [1.165, 1.54) is 6.39 Å². The Morgan fingerprint density at radius 2 is 2.33 bits per heavy atom. The van der Waals surface area contributed by atoms with Crippen molar-refractivity contribution in [2.24, 2.45) is 0 Å². The maximum atomic E-state index is 4.97. The topological polar surface area (TPSA) is 50.1 Å². The van der Waals surface area contributed by atoms with Crippen LogP contribution in [0.3, 0.4) is 0 Å². The Kier molecular flexibility index (Phi) is 0.855. The van der Waals surface area contributed by atoms with Crippen molar-refractivity contribution in [2.75, 3.05) is 23.7 Å². The second kappa shape index (κ2) is 1.65. The Labute approximate surface area is 52.3 Å². The molecule has 2 N–H and O–H groups in total. The molecule has 0 aromatic carbocycles. The molecule has 0 atom stereocenters. The van der Waals surface area contributed by atoms with Crippen molar-refractivity contribution in [1.82, 2.24) is 4.98 Å². The summed E-state index contributed by atoms with van der Waals surface area (Å²) < 4.78 is 4.97. The van der Waals surface area contributed by atoms with Gasteiger partial charge >= 0.3 is 0 Å². The highest BCUT2D eigenvalue weighted by Gasteiger charge is 2.09. The number of hydrogen-bond acceptors (Lipinski definition) is 4. The van der Waals surface area contributed by atoms with E-state index in [2.05, 4.69) is 15.6 Å². The van der Waals surface area contributed by atoms with Crippen LogP contribution in [0.2, 0.25) is 0 Å². The molecule has 2 heterocycles. The molecule has 48 valence electrons. The molecule has 0 saturated heterocycles. The van der Waals surface area contributed by atoms with Gasteiger partial charge in [0, 0.05) is 13.1 Å². The maximum absolute atomic E-state index is 4.97. The predicted molar refractivity (Wildman–Crippen MR) is 33.5 cm³/mol. The van der Waals surface area contributed by atoms with Gasteiger partial charge in [0.2, 0.25) is 5.88 Å². The van der Waals surface area contributed by atoms with Gasteiger partial charge < -0.3 is 15.1 Å². The van der Waals surface area contributed by atoms with Crippen LogP contribution in [0.25, 0.3) is 0 Å². The molecular formula is C5H7N3O. The lowest BCUT2D eigenvalue weighted by atomic mass is 10.5. The molecule has 1 aromatic heterocycles. The molecule has 1 aromatic rings. The van der Waals surface area contributed by atoms with Crippen LogP contribution in [0.5, 0.6) is 0 Å². The number of nitrogens with zero attached hydrogens (tertiary/aromatic N) is 1. The van der Waals surface area contributed by atoms with Crippen LogP contribution in [0.15, 0.2) is 10.8 Å². The van der Waals surface area contributed by atoms with Crippen LogP contribution < -0.4 is 10.6 Å². The smallest absolute Gasteiger partial charge is 0.237 e. The average molecular weight is 125 g/mol. The zero-order valence-corrected chi connectivity index (χ0v) is 4.85. The van der Waals surface area contributed by atoms with Crippen LogP contribution in [-0.4, -0.2) is 18.1 Å². The first-order valence-corrected chi connectivity index (χ1v) is 2.88. The van der Waals surface area contributed by atoms with Crippen LogP contribution in [-0.2, 0) is 0 Å². The van der Waals surface area contributed by atoms with E-state index in [-0.39, 0.29) is 0 Å². The fraction of sp³-hybridized carbons (Fsp3) is 0.400. The molecule has 0 bridgehead atoms. The van der Waals surface area contributed by atoms with Gasteiger partial charge in [-0.25, -0.2) is 0 Å². The Hall–Kier alpha value is -1.19. The van der Waals surface area contributed by atoms with Gasteiger partial charge in [-0.1, -0.05) is 0 Å². The molecule has 0 spiro atoms. The van der Waals surface area contributed by atoms with Crippen molar-refractivity contribution in [3.63, 3.8) is 0 Å². The third-order valence-corrected chi connectivity index (χ3v) is 1.27. The van der Waals surface area contributed by atoms with E-state index in [0.29, 0.717) is 0 Å². The molecule has 2 rings (SSSR count). The molecule has 0 unspecified atom stereocenters. The molecule has 0 fully saturated rings. The number of aromatic nitrogens is 1. The summed E-state index contributed by atoms with van der Waals surface area (Å²) in [6.07, 6.45) is 1.43. The van der Waals surface area contributed by atoms with Gasteiger partial charge in [-0.15, -0.1) is 0 Å². The van der Waals surface area contributed by atoms with Crippen molar-refractivity contribution in [3.05, 3.63) is 6.39 Å². The molecule has 0 radical (unpaired) electrons. The Balaban J connectivity index is 2.39. The first kappa shape index (κ1) is 4.67. The predicted octanol–water partition coefficient (Wildman–Crippen LogP) is 0.512. The lowest BCUT2D eigenvalue weighted by molar-refractivity contribution is 0.568. The number of hydrogen-bond donors (Lipinski definition) is 2. The minimum Gasteiger partial charge on any atom is -0.426 e. The van der Waals surface area contributed by atoms with Crippen molar-refractivity contribution in [1.29, 1.82) is 0 Å². The summed E-state index contributed by atoms with van der Waals surface area (Å²) in [7, 11) is 0. The Bertz CT molecular complexity index is 187. The highest BCUT2D eigenvalue weighted by Crippen LogP contribution is 2.20. The van der Waals surface area contributed by atoms with Gasteiger partial charge in [0.05, 0.1) is 0 Å². The van der Waals surface area contributed by atoms with E-state index in [4.69, 9.17) is 4.42 Å². The molecule has 4 heteroatoms. The first-order valence-electron chi connectivity index (χ1n) is 2.88. The number of fused-ring (bicyclic) bond motifs is 1. The van der Waals surface area contributed by atoms with Gasteiger partial charge in [-0.05, 0) is 0 Å². The van der Waals surface area contributed by atoms with Gasteiger partial charge in [-0.2, -0.15) is 4.98 Å². The summed E-state index contributed by atoms with van der Waals surface area (Å²) in [5, 5.41) is 6.13. The number of anilines is 2. The molecule has 0 amide bonds. The van der Waals surface area contributed by atoms with E-state index in [1.54, 1.807) is 0 Å².